The average Bonchev–Trinajstić information content (AvgIpc) is 2.05. The molecule has 0 bridgehead atoms. The Morgan fingerprint density at radius 2 is 2.42 bits per heavy atom. The second-order valence-electron chi connectivity index (χ2n) is 3.30. The first-order valence-corrected chi connectivity index (χ1v) is 4.70. The van der Waals surface area contributed by atoms with Crippen molar-refractivity contribution in [3.05, 3.63) is 11.8 Å². The van der Waals surface area contributed by atoms with Crippen molar-refractivity contribution in [2.24, 2.45) is 5.73 Å². The van der Waals surface area contributed by atoms with Crippen molar-refractivity contribution in [3.63, 3.8) is 0 Å². The zero-order valence-corrected chi connectivity index (χ0v) is 7.84. The molecule has 3 nitrogen and oxygen atoms in total. The minimum absolute atomic E-state index is 0.809. The number of nitrogens with one attached hydrogen (secondary N) is 1. The largest absolute Gasteiger partial charge is 0.330 e. The van der Waals surface area contributed by atoms with E-state index in [0.29, 0.717) is 0 Å². The summed E-state index contributed by atoms with van der Waals surface area (Å²) in [5, 5.41) is 2.14. The molecule has 0 aromatic rings. The van der Waals surface area contributed by atoms with Crippen molar-refractivity contribution in [1.29, 1.82) is 0 Å². The van der Waals surface area contributed by atoms with E-state index in [1.165, 1.54) is 18.5 Å². The number of rotatable bonds is 4. The fourth-order valence-electron chi connectivity index (χ4n) is 1.40. The zero-order valence-electron chi connectivity index (χ0n) is 7.84. The topological polar surface area (TPSA) is 41.3 Å². The van der Waals surface area contributed by atoms with Crippen molar-refractivity contribution in [2.45, 2.75) is 25.7 Å². The summed E-state index contributed by atoms with van der Waals surface area (Å²) < 4.78 is 0. The van der Waals surface area contributed by atoms with Crippen LogP contribution in [0.4, 0.5) is 0 Å². The third kappa shape index (κ3) is 3.24. The molecule has 0 unspecified atom stereocenters. The van der Waals surface area contributed by atoms with Gasteiger partial charge in [0.1, 0.15) is 0 Å². The highest BCUT2D eigenvalue weighted by molar-refractivity contribution is 5.01. The van der Waals surface area contributed by atoms with Gasteiger partial charge in [-0.15, -0.1) is 0 Å². The van der Waals surface area contributed by atoms with Crippen molar-refractivity contribution in [3.8, 4) is 0 Å². The molecule has 0 saturated heterocycles. The van der Waals surface area contributed by atoms with E-state index in [1.807, 2.05) is 0 Å². The summed E-state index contributed by atoms with van der Waals surface area (Å²) in [7, 11) is 2.08. The van der Waals surface area contributed by atoms with Crippen LogP contribution in [-0.2, 0) is 0 Å². The monoisotopic (exact) mass is 169 g/mol. The highest BCUT2D eigenvalue weighted by atomic mass is 15.5. The van der Waals surface area contributed by atoms with Crippen LogP contribution in [0.1, 0.15) is 25.7 Å². The number of unbranched alkanes of at least 4 members (excludes halogenated alkanes) is 1. The summed E-state index contributed by atoms with van der Waals surface area (Å²) in [4.78, 5) is 0. The maximum Gasteiger partial charge on any atom is 0.0224 e. The number of hydrogen-bond donors (Lipinski definition) is 2. The summed E-state index contributed by atoms with van der Waals surface area (Å²) in [5.74, 6) is 0. The molecule has 0 radical (unpaired) electrons. The minimum Gasteiger partial charge on any atom is -0.330 e. The Balaban J connectivity index is 2.18. The quantitative estimate of drug-likeness (QED) is 0.613. The van der Waals surface area contributed by atoms with E-state index in [0.717, 1.165) is 25.9 Å². The first kappa shape index (κ1) is 9.55. The lowest BCUT2D eigenvalue weighted by Crippen LogP contribution is -2.37. The number of hydrogen-bond acceptors (Lipinski definition) is 3. The molecule has 1 aliphatic heterocycles. The first-order chi connectivity index (χ1) is 5.83. The fraction of sp³-hybridized carbons (Fsp3) is 0.778. The molecule has 0 aromatic carbocycles. The van der Waals surface area contributed by atoms with Crippen molar-refractivity contribution >= 4 is 0 Å². The maximum atomic E-state index is 5.42. The van der Waals surface area contributed by atoms with E-state index in [2.05, 4.69) is 23.6 Å². The summed E-state index contributed by atoms with van der Waals surface area (Å²) in [6.07, 6.45) is 6.92. The van der Waals surface area contributed by atoms with Crippen LogP contribution >= 0.6 is 0 Å². The van der Waals surface area contributed by atoms with E-state index in [9.17, 15) is 0 Å². The predicted molar refractivity (Wildman–Crippen MR) is 51.4 cm³/mol. The Morgan fingerprint density at radius 3 is 3.08 bits per heavy atom. The molecule has 0 atom stereocenters. The maximum absolute atomic E-state index is 5.42. The Hall–Kier alpha value is -0.540. The Morgan fingerprint density at radius 1 is 1.58 bits per heavy atom. The van der Waals surface area contributed by atoms with Crippen LogP contribution < -0.4 is 11.2 Å². The third-order valence-corrected chi connectivity index (χ3v) is 2.09. The van der Waals surface area contributed by atoms with Gasteiger partial charge in [-0.3, -0.25) is 0 Å². The number of allylic oxidation sites excluding steroid dienone is 1. The van der Waals surface area contributed by atoms with Gasteiger partial charge in [0.2, 0.25) is 0 Å². The van der Waals surface area contributed by atoms with Crippen LogP contribution in [-0.4, -0.2) is 25.1 Å². The van der Waals surface area contributed by atoms with Crippen LogP contribution in [0.3, 0.4) is 0 Å². The lowest BCUT2D eigenvalue weighted by molar-refractivity contribution is 0.250. The molecule has 0 aliphatic carbocycles. The van der Waals surface area contributed by atoms with E-state index in [1.54, 1.807) is 0 Å². The fourth-order valence-corrected chi connectivity index (χ4v) is 1.40. The van der Waals surface area contributed by atoms with Gasteiger partial charge in [0.15, 0.2) is 0 Å². The summed E-state index contributed by atoms with van der Waals surface area (Å²) in [5.41, 5.74) is 10.1. The molecule has 70 valence electrons. The third-order valence-electron chi connectivity index (χ3n) is 2.09. The zero-order chi connectivity index (χ0) is 8.81. The Bertz CT molecular complexity index is 154. The van der Waals surface area contributed by atoms with Crippen LogP contribution in [0.5, 0.6) is 0 Å². The van der Waals surface area contributed by atoms with E-state index < -0.39 is 0 Å². The van der Waals surface area contributed by atoms with Gasteiger partial charge in [0, 0.05) is 19.3 Å². The van der Waals surface area contributed by atoms with Gasteiger partial charge in [-0.2, -0.15) is 0 Å². The van der Waals surface area contributed by atoms with Gasteiger partial charge in [-0.25, -0.2) is 5.01 Å². The lowest BCUT2D eigenvalue weighted by atomic mass is 10.1. The Kier molecular flexibility index (Phi) is 4.11. The predicted octanol–water partition coefficient (Wildman–Crippen LogP) is 0.839. The van der Waals surface area contributed by atoms with E-state index >= 15 is 0 Å². The van der Waals surface area contributed by atoms with Gasteiger partial charge in [0.25, 0.3) is 0 Å². The normalized spacial score (nSPS) is 18.7. The van der Waals surface area contributed by atoms with Gasteiger partial charge < -0.3 is 11.2 Å². The summed E-state index contributed by atoms with van der Waals surface area (Å²) in [6.45, 7) is 1.92. The second-order valence-corrected chi connectivity index (χ2v) is 3.30. The summed E-state index contributed by atoms with van der Waals surface area (Å²) >= 11 is 0. The smallest absolute Gasteiger partial charge is 0.0224 e. The SMILES string of the molecule is CN1CCC=C(CCCCN)N1. The molecule has 1 rings (SSSR count). The number of nitrogens with two attached hydrogens (primary N) is 1. The van der Waals surface area contributed by atoms with Crippen molar-refractivity contribution in [1.82, 2.24) is 10.4 Å². The van der Waals surface area contributed by atoms with E-state index in [4.69, 9.17) is 5.73 Å². The minimum atomic E-state index is 0.809. The second kappa shape index (κ2) is 5.17. The molecule has 1 heterocycles. The van der Waals surface area contributed by atoms with Crippen LogP contribution in [0.25, 0.3) is 0 Å². The van der Waals surface area contributed by atoms with Crippen LogP contribution in [0.15, 0.2) is 11.8 Å². The first-order valence-electron chi connectivity index (χ1n) is 4.70. The van der Waals surface area contributed by atoms with Gasteiger partial charge >= 0.3 is 0 Å². The van der Waals surface area contributed by atoms with Gasteiger partial charge in [0.05, 0.1) is 0 Å². The Labute approximate surface area is 74.6 Å². The molecule has 0 amide bonds. The lowest BCUT2D eigenvalue weighted by Gasteiger charge is -2.25. The molecule has 0 saturated carbocycles. The number of nitrogens with zero attached hydrogens (tertiary/aromatic N) is 1. The molecule has 0 aromatic heterocycles. The van der Waals surface area contributed by atoms with Crippen molar-refractivity contribution in [2.75, 3.05) is 20.1 Å². The molecule has 1 aliphatic rings. The molecule has 3 N–H and O–H groups in total. The van der Waals surface area contributed by atoms with Crippen LogP contribution in [0.2, 0.25) is 0 Å². The van der Waals surface area contributed by atoms with Crippen molar-refractivity contribution < 1.29 is 0 Å². The van der Waals surface area contributed by atoms with Gasteiger partial charge in [-0.1, -0.05) is 6.08 Å². The molecule has 12 heavy (non-hydrogen) atoms. The molecular formula is C9H19N3. The molecular weight excluding hydrogens is 150 g/mol. The van der Waals surface area contributed by atoms with E-state index in [-0.39, 0.29) is 0 Å². The molecule has 0 fully saturated rings. The standard InChI is InChI=1S/C9H19N3/c1-12-8-4-6-9(11-12)5-2-3-7-10/h6,11H,2-5,7-8,10H2,1H3. The number of hydrazine groups is 1. The van der Waals surface area contributed by atoms with Crippen LogP contribution in [0, 0.1) is 0 Å². The highest BCUT2D eigenvalue weighted by Gasteiger charge is 2.05. The molecule has 3 heteroatoms. The van der Waals surface area contributed by atoms with Gasteiger partial charge in [-0.05, 0) is 32.2 Å². The average molecular weight is 169 g/mol. The highest BCUT2D eigenvalue weighted by Crippen LogP contribution is 2.09. The summed E-state index contributed by atoms with van der Waals surface area (Å²) in [6, 6.07) is 0. The molecule has 0 spiro atoms.